The summed E-state index contributed by atoms with van der Waals surface area (Å²) in [5.41, 5.74) is 4.70. The highest BCUT2D eigenvalue weighted by Crippen LogP contribution is 2.41. The molecule has 0 aromatic carbocycles. The molecule has 1 rings (SSSR count). The van der Waals surface area contributed by atoms with E-state index in [-0.39, 0.29) is 5.41 Å². The molecule has 1 aliphatic rings. The van der Waals surface area contributed by atoms with E-state index >= 15 is 0 Å². The van der Waals surface area contributed by atoms with Crippen molar-refractivity contribution in [2.24, 2.45) is 5.41 Å². The Morgan fingerprint density at radius 1 is 1.17 bits per heavy atom. The molecule has 0 saturated carbocycles. The first-order valence-corrected chi connectivity index (χ1v) is 4.87. The minimum Gasteiger partial charge on any atom is -0.0613 e. The van der Waals surface area contributed by atoms with Crippen molar-refractivity contribution >= 4 is 0 Å². The fourth-order valence-electron chi connectivity index (χ4n) is 1.93. The van der Waals surface area contributed by atoms with Gasteiger partial charge >= 0.3 is 0 Å². The normalized spacial score (nSPS) is 21.6. The van der Waals surface area contributed by atoms with Gasteiger partial charge in [0, 0.05) is 5.41 Å². The zero-order valence-electron chi connectivity index (χ0n) is 8.91. The van der Waals surface area contributed by atoms with Crippen molar-refractivity contribution in [1.29, 1.82) is 0 Å². The largest absolute Gasteiger partial charge is 0.0613 e. The van der Waals surface area contributed by atoms with E-state index in [1.807, 2.05) is 0 Å². The van der Waals surface area contributed by atoms with Gasteiger partial charge in [-0.2, -0.15) is 0 Å². The van der Waals surface area contributed by atoms with Crippen LogP contribution in [0.2, 0.25) is 0 Å². The Balaban J connectivity index is 3.08. The average Bonchev–Trinajstić information content (AvgIpc) is 2.24. The van der Waals surface area contributed by atoms with Crippen LogP contribution in [0.15, 0.2) is 16.7 Å². The summed E-state index contributed by atoms with van der Waals surface area (Å²) in [6.07, 6.45) is 5.86. The second-order valence-corrected chi connectivity index (χ2v) is 4.04. The third kappa shape index (κ3) is 1.35. The summed E-state index contributed by atoms with van der Waals surface area (Å²) in [7, 11) is 0. The maximum Gasteiger partial charge on any atom is 0.0114 e. The Morgan fingerprint density at radius 2 is 1.75 bits per heavy atom. The summed E-state index contributed by atoms with van der Waals surface area (Å²) in [5.74, 6) is 0. The van der Waals surface area contributed by atoms with Crippen LogP contribution in [0.5, 0.6) is 0 Å². The lowest BCUT2D eigenvalue weighted by atomic mass is 9.87. The van der Waals surface area contributed by atoms with Crippen molar-refractivity contribution < 1.29 is 0 Å². The molecule has 0 N–H and O–H groups in total. The fraction of sp³-hybridized carbons (Fsp3) is 0.667. The summed E-state index contributed by atoms with van der Waals surface area (Å²) < 4.78 is 0. The van der Waals surface area contributed by atoms with Crippen molar-refractivity contribution in [2.75, 3.05) is 0 Å². The standard InChI is InChI=1S/C12H19/c1-6-10-8-12(4,5)9(3)11(10)7-2/h6-7H2,1-5H3. The van der Waals surface area contributed by atoms with E-state index in [2.05, 4.69) is 40.7 Å². The molecule has 0 fully saturated rings. The molecule has 0 unspecified atom stereocenters. The van der Waals surface area contributed by atoms with Crippen LogP contribution in [0.1, 0.15) is 47.5 Å². The molecule has 0 nitrogen and oxygen atoms in total. The molecule has 0 amide bonds. The molecular weight excluding hydrogens is 144 g/mol. The Bertz CT molecular complexity index is 239. The lowest BCUT2D eigenvalue weighted by Crippen LogP contribution is -2.06. The van der Waals surface area contributed by atoms with Crippen molar-refractivity contribution in [1.82, 2.24) is 0 Å². The van der Waals surface area contributed by atoms with E-state index in [1.165, 1.54) is 11.1 Å². The minimum absolute atomic E-state index is 0.191. The van der Waals surface area contributed by atoms with Crippen molar-refractivity contribution in [3.05, 3.63) is 22.8 Å². The fourth-order valence-corrected chi connectivity index (χ4v) is 1.93. The van der Waals surface area contributed by atoms with Gasteiger partial charge in [0.25, 0.3) is 0 Å². The molecule has 1 aliphatic carbocycles. The summed E-state index contributed by atoms with van der Waals surface area (Å²) in [6.45, 7) is 11.2. The van der Waals surface area contributed by atoms with Crippen LogP contribution in [0, 0.1) is 11.5 Å². The first-order chi connectivity index (χ1) is 5.53. The van der Waals surface area contributed by atoms with Gasteiger partial charge in [0.2, 0.25) is 0 Å². The molecule has 0 spiro atoms. The third-order valence-corrected chi connectivity index (χ3v) is 2.92. The quantitative estimate of drug-likeness (QED) is 0.579. The third-order valence-electron chi connectivity index (χ3n) is 2.92. The smallest absolute Gasteiger partial charge is 0.0114 e. The van der Waals surface area contributed by atoms with Gasteiger partial charge < -0.3 is 0 Å². The predicted octanol–water partition coefficient (Wildman–Crippen LogP) is 3.89. The molecule has 0 heterocycles. The van der Waals surface area contributed by atoms with Gasteiger partial charge in [-0.1, -0.05) is 33.3 Å². The summed E-state index contributed by atoms with van der Waals surface area (Å²) in [5, 5.41) is 0. The van der Waals surface area contributed by atoms with Crippen LogP contribution in [-0.4, -0.2) is 0 Å². The summed E-state index contributed by atoms with van der Waals surface area (Å²) in [4.78, 5) is 0. The molecule has 0 atom stereocenters. The second kappa shape index (κ2) is 3.08. The molecule has 67 valence electrons. The maximum absolute atomic E-state index is 3.57. The Labute approximate surface area is 76.4 Å². The van der Waals surface area contributed by atoms with Crippen molar-refractivity contribution in [3.63, 3.8) is 0 Å². The van der Waals surface area contributed by atoms with Gasteiger partial charge in [0.1, 0.15) is 0 Å². The minimum atomic E-state index is 0.191. The number of allylic oxidation sites excluding steroid dienone is 4. The lowest BCUT2D eigenvalue weighted by molar-refractivity contribution is 0.567. The zero-order valence-corrected chi connectivity index (χ0v) is 8.91. The van der Waals surface area contributed by atoms with E-state index in [4.69, 9.17) is 0 Å². The molecule has 0 aliphatic heterocycles. The maximum atomic E-state index is 3.57. The molecule has 0 saturated heterocycles. The molecular formula is C12H19. The van der Waals surface area contributed by atoms with E-state index in [0.717, 1.165) is 12.8 Å². The van der Waals surface area contributed by atoms with Gasteiger partial charge in [-0.25, -0.2) is 0 Å². The highest BCUT2D eigenvalue weighted by atomic mass is 14.3. The molecule has 0 aromatic heterocycles. The Morgan fingerprint density at radius 3 is 2.08 bits per heavy atom. The van der Waals surface area contributed by atoms with Crippen LogP contribution < -0.4 is 0 Å². The number of hydrogen-bond acceptors (Lipinski definition) is 0. The van der Waals surface area contributed by atoms with Gasteiger partial charge in [-0.05, 0) is 37.0 Å². The molecule has 1 radical (unpaired) electrons. The second-order valence-electron chi connectivity index (χ2n) is 4.04. The molecule has 0 bridgehead atoms. The number of rotatable bonds is 2. The molecule has 0 heteroatoms. The monoisotopic (exact) mass is 163 g/mol. The predicted molar refractivity (Wildman–Crippen MR) is 53.8 cm³/mol. The highest BCUT2D eigenvalue weighted by molar-refractivity contribution is 5.43. The first kappa shape index (κ1) is 9.57. The van der Waals surface area contributed by atoms with Crippen LogP contribution in [-0.2, 0) is 0 Å². The van der Waals surface area contributed by atoms with E-state index < -0.39 is 0 Å². The molecule has 0 aromatic rings. The Kier molecular flexibility index (Phi) is 2.46. The molecule has 12 heavy (non-hydrogen) atoms. The first-order valence-electron chi connectivity index (χ1n) is 4.87. The topological polar surface area (TPSA) is 0 Å². The number of hydrogen-bond donors (Lipinski definition) is 0. The SMILES string of the molecule is CCC1=[C]C(C)(C)C(C)=C1CC. The van der Waals surface area contributed by atoms with E-state index in [9.17, 15) is 0 Å². The zero-order chi connectivity index (χ0) is 9.35. The van der Waals surface area contributed by atoms with E-state index in [0.29, 0.717) is 0 Å². The summed E-state index contributed by atoms with van der Waals surface area (Å²) >= 11 is 0. The highest BCUT2D eigenvalue weighted by Gasteiger charge is 2.28. The van der Waals surface area contributed by atoms with Crippen LogP contribution in [0.4, 0.5) is 0 Å². The van der Waals surface area contributed by atoms with Crippen molar-refractivity contribution in [2.45, 2.75) is 47.5 Å². The summed E-state index contributed by atoms with van der Waals surface area (Å²) in [6, 6.07) is 0. The van der Waals surface area contributed by atoms with Gasteiger partial charge in [-0.15, -0.1) is 0 Å². The lowest BCUT2D eigenvalue weighted by Gasteiger charge is -2.17. The van der Waals surface area contributed by atoms with Crippen LogP contribution >= 0.6 is 0 Å². The van der Waals surface area contributed by atoms with Gasteiger partial charge in [-0.3, -0.25) is 0 Å². The van der Waals surface area contributed by atoms with E-state index in [1.54, 1.807) is 5.57 Å². The van der Waals surface area contributed by atoms with Gasteiger partial charge in [0.15, 0.2) is 0 Å². The van der Waals surface area contributed by atoms with Crippen LogP contribution in [0.3, 0.4) is 0 Å². The van der Waals surface area contributed by atoms with Crippen LogP contribution in [0.25, 0.3) is 0 Å². The average molecular weight is 163 g/mol. The van der Waals surface area contributed by atoms with Crippen molar-refractivity contribution in [3.8, 4) is 0 Å². The van der Waals surface area contributed by atoms with Gasteiger partial charge in [0.05, 0.1) is 0 Å². The Hall–Kier alpha value is -0.520.